The Hall–Kier alpha value is -5.68. The van der Waals surface area contributed by atoms with Gasteiger partial charge in [0.2, 0.25) is 0 Å². The Kier molecular flexibility index (Phi) is 8.87. The van der Waals surface area contributed by atoms with Crippen molar-refractivity contribution in [3.05, 3.63) is 168 Å². The van der Waals surface area contributed by atoms with Crippen molar-refractivity contribution in [1.29, 1.82) is 10.8 Å². The Morgan fingerprint density at radius 3 is 1.22 bits per heavy atom. The molecule has 5 heteroatoms. The number of rotatable bonds is 2. The molecule has 1 aliphatic carbocycles. The minimum Gasteiger partial charge on any atom is -0.399 e. The van der Waals surface area contributed by atoms with E-state index >= 15 is 0 Å². The molecule has 4 N–H and O–H groups in total. The van der Waals surface area contributed by atoms with Crippen molar-refractivity contribution in [3.8, 4) is 0 Å². The summed E-state index contributed by atoms with van der Waals surface area (Å²) in [6.07, 6.45) is 5.39. The molecule has 0 unspecified atom stereocenters. The highest BCUT2D eigenvalue weighted by Gasteiger charge is 2.38. The van der Waals surface area contributed by atoms with Gasteiger partial charge in [0.15, 0.2) is 0 Å². The number of anilines is 6. The molecule has 49 heavy (non-hydrogen) atoms. The maximum atomic E-state index is 8.01. The van der Waals surface area contributed by atoms with Crippen LogP contribution in [0.2, 0.25) is 0 Å². The molecule has 5 aromatic carbocycles. The van der Waals surface area contributed by atoms with Crippen LogP contribution in [0.25, 0.3) is 0 Å². The van der Waals surface area contributed by atoms with Gasteiger partial charge in [-0.15, -0.1) is 0 Å². The maximum absolute atomic E-state index is 8.01. The van der Waals surface area contributed by atoms with Crippen molar-refractivity contribution in [2.24, 2.45) is 0 Å². The summed E-state index contributed by atoms with van der Waals surface area (Å²) >= 11 is 0. The molecule has 0 aromatic heterocycles. The van der Waals surface area contributed by atoms with Crippen LogP contribution in [0.5, 0.6) is 0 Å². The molecule has 0 spiro atoms. The van der Waals surface area contributed by atoms with Crippen molar-refractivity contribution in [1.82, 2.24) is 0 Å². The molecule has 2 heterocycles. The molecule has 3 aliphatic rings. The first-order valence-electron chi connectivity index (χ1n) is 17.0. The SMILES string of the molecule is CC.CC1(C)c2ccccc2N(C2=CC(=N)C(=N)C=C2)c2ccccc21.CC1(C)c2ccccc2N(c2ccc(N)cc2)c2ccccc21. The number of allylic oxidation sites excluding steroid dienone is 3. The number of nitrogens with two attached hydrogens (primary N) is 1. The molecule has 5 nitrogen and oxygen atoms in total. The van der Waals surface area contributed by atoms with Gasteiger partial charge >= 0.3 is 0 Å². The fourth-order valence-corrected chi connectivity index (χ4v) is 7.19. The standard InChI is InChI=1S/C21H19N3.C21H20N2.C2H6/c1-21(2)15-7-3-5-9-19(15)24(20-10-6-4-8-16(20)21)14-11-12-17(22)18(23)13-14;1-21(2)17-7-3-5-9-19(17)23(16-13-11-15(22)12-14-16)20-10-6-4-8-18(20)21;1-2/h3-13,22-23H,1-2H3;3-14H,22H2,1-2H3;1-2H3. The van der Waals surface area contributed by atoms with Crippen molar-refractivity contribution in [2.45, 2.75) is 52.4 Å². The maximum Gasteiger partial charge on any atom is 0.0810 e. The van der Waals surface area contributed by atoms with Crippen LogP contribution >= 0.6 is 0 Å². The smallest absolute Gasteiger partial charge is 0.0810 e. The predicted molar refractivity (Wildman–Crippen MR) is 209 cm³/mol. The Morgan fingerprint density at radius 1 is 0.469 bits per heavy atom. The molecule has 8 rings (SSSR count). The highest BCUT2D eigenvalue weighted by molar-refractivity contribution is 6.49. The van der Waals surface area contributed by atoms with Gasteiger partial charge in [-0.1, -0.05) is 114 Å². The number of nitrogens with one attached hydrogen (secondary N) is 2. The highest BCUT2D eigenvalue weighted by atomic mass is 15.2. The van der Waals surface area contributed by atoms with Crippen molar-refractivity contribution in [2.75, 3.05) is 15.5 Å². The van der Waals surface area contributed by atoms with Crippen LogP contribution in [-0.2, 0) is 10.8 Å². The van der Waals surface area contributed by atoms with E-state index in [4.69, 9.17) is 16.6 Å². The minimum absolute atomic E-state index is 0.0164. The van der Waals surface area contributed by atoms with E-state index in [9.17, 15) is 0 Å². The van der Waals surface area contributed by atoms with Gasteiger partial charge in [0.1, 0.15) is 0 Å². The zero-order chi connectivity index (χ0) is 34.9. The molecule has 0 atom stereocenters. The van der Waals surface area contributed by atoms with Gasteiger partial charge in [-0.2, -0.15) is 0 Å². The number of nitrogens with zero attached hydrogens (tertiary/aromatic N) is 2. The summed E-state index contributed by atoms with van der Waals surface area (Å²) in [7, 11) is 0. The second kappa shape index (κ2) is 13.1. The molecule has 246 valence electrons. The summed E-state index contributed by atoms with van der Waals surface area (Å²) in [4.78, 5) is 4.53. The van der Waals surface area contributed by atoms with Gasteiger partial charge in [-0.05, 0) is 89.0 Å². The topological polar surface area (TPSA) is 80.2 Å². The molecule has 5 aromatic rings. The summed E-state index contributed by atoms with van der Waals surface area (Å²) in [5, 5.41) is 15.8. The molecular formula is C44H45N5. The molecule has 0 saturated heterocycles. The van der Waals surface area contributed by atoms with Crippen LogP contribution in [-0.4, -0.2) is 11.4 Å². The second-order valence-corrected chi connectivity index (χ2v) is 13.3. The van der Waals surface area contributed by atoms with Crippen LogP contribution in [0.3, 0.4) is 0 Å². The van der Waals surface area contributed by atoms with Gasteiger partial charge in [-0.25, -0.2) is 0 Å². The van der Waals surface area contributed by atoms with E-state index in [1.54, 1.807) is 12.2 Å². The van der Waals surface area contributed by atoms with Crippen molar-refractivity contribution in [3.63, 3.8) is 0 Å². The van der Waals surface area contributed by atoms with Gasteiger partial charge in [0.25, 0.3) is 0 Å². The predicted octanol–water partition coefficient (Wildman–Crippen LogP) is 11.4. The Labute approximate surface area is 291 Å². The van der Waals surface area contributed by atoms with Gasteiger partial charge in [0, 0.05) is 27.9 Å². The van der Waals surface area contributed by atoms with Crippen molar-refractivity contribution >= 4 is 45.5 Å². The summed E-state index contributed by atoms with van der Waals surface area (Å²) in [5.74, 6) is 0. The van der Waals surface area contributed by atoms with Crippen LogP contribution in [0.15, 0.2) is 145 Å². The lowest BCUT2D eigenvalue weighted by molar-refractivity contribution is 0.630. The lowest BCUT2D eigenvalue weighted by Gasteiger charge is -2.42. The lowest BCUT2D eigenvalue weighted by atomic mass is 9.73. The normalized spacial score (nSPS) is 16.0. The lowest BCUT2D eigenvalue weighted by Crippen LogP contribution is -2.33. The fourth-order valence-electron chi connectivity index (χ4n) is 7.19. The number of hydrogen-bond acceptors (Lipinski definition) is 5. The van der Waals surface area contributed by atoms with Gasteiger partial charge < -0.3 is 15.5 Å². The number of benzene rings is 5. The Morgan fingerprint density at radius 2 is 0.837 bits per heavy atom. The number of para-hydroxylation sites is 4. The average Bonchev–Trinajstić information content (AvgIpc) is 3.12. The van der Waals surface area contributed by atoms with E-state index in [-0.39, 0.29) is 22.3 Å². The summed E-state index contributed by atoms with van der Waals surface area (Å²) in [5.41, 5.74) is 19.1. The van der Waals surface area contributed by atoms with Crippen LogP contribution < -0.4 is 15.5 Å². The minimum atomic E-state index is -0.0805. The van der Waals surface area contributed by atoms with Crippen LogP contribution in [0.4, 0.5) is 34.1 Å². The van der Waals surface area contributed by atoms with Crippen molar-refractivity contribution < 1.29 is 0 Å². The molecule has 0 bridgehead atoms. The largest absolute Gasteiger partial charge is 0.399 e. The third-order valence-corrected chi connectivity index (χ3v) is 9.69. The first-order valence-corrected chi connectivity index (χ1v) is 17.0. The van der Waals surface area contributed by atoms with E-state index in [1.807, 2.05) is 32.1 Å². The third kappa shape index (κ3) is 5.76. The molecule has 2 aliphatic heterocycles. The number of fused-ring (bicyclic) bond motifs is 4. The monoisotopic (exact) mass is 643 g/mol. The Bertz CT molecular complexity index is 2000. The van der Waals surface area contributed by atoms with E-state index in [1.165, 1.54) is 33.6 Å². The molecule has 0 amide bonds. The van der Waals surface area contributed by atoms with Crippen LogP contribution in [0, 0.1) is 10.8 Å². The molecular weight excluding hydrogens is 599 g/mol. The molecule has 0 fully saturated rings. The summed E-state index contributed by atoms with van der Waals surface area (Å²) < 4.78 is 0. The zero-order valence-corrected chi connectivity index (χ0v) is 29.3. The second-order valence-electron chi connectivity index (χ2n) is 13.3. The zero-order valence-electron chi connectivity index (χ0n) is 29.3. The third-order valence-electron chi connectivity index (χ3n) is 9.69. The van der Waals surface area contributed by atoms with Gasteiger partial charge in [0.05, 0.1) is 34.2 Å². The number of hydrogen-bond donors (Lipinski definition) is 3. The highest BCUT2D eigenvalue weighted by Crippen LogP contribution is 2.52. The first kappa shape index (κ1) is 33.2. The van der Waals surface area contributed by atoms with E-state index in [2.05, 4.69) is 147 Å². The van der Waals surface area contributed by atoms with Gasteiger partial charge in [-0.3, -0.25) is 10.8 Å². The van der Waals surface area contributed by atoms with E-state index in [0.29, 0.717) is 0 Å². The van der Waals surface area contributed by atoms with Crippen LogP contribution in [0.1, 0.15) is 63.8 Å². The summed E-state index contributed by atoms with van der Waals surface area (Å²) in [6, 6.07) is 42.3. The average molecular weight is 644 g/mol. The number of nitrogen functional groups attached to an aromatic ring is 1. The Balaban J connectivity index is 0.000000162. The molecule has 0 radical (unpaired) electrons. The fraction of sp³-hybridized carbons (Fsp3) is 0.182. The quantitative estimate of drug-likeness (QED) is 0.132. The van der Waals surface area contributed by atoms with E-state index < -0.39 is 0 Å². The molecule has 0 saturated carbocycles. The summed E-state index contributed by atoms with van der Waals surface area (Å²) in [6.45, 7) is 13.1. The van der Waals surface area contributed by atoms with E-state index in [0.717, 1.165) is 28.4 Å². The first-order chi connectivity index (χ1) is 23.6.